The molecular weight excluding hydrogens is 246 g/mol. The highest BCUT2D eigenvalue weighted by Gasteiger charge is 2.06. The Morgan fingerprint density at radius 2 is 2.37 bits per heavy atom. The SMILES string of the molecule is COc1ccc(NC(=O)CCn2cncn2)c(N)c1. The van der Waals surface area contributed by atoms with Crippen LogP contribution in [0.4, 0.5) is 11.4 Å². The molecule has 7 heteroatoms. The Balaban J connectivity index is 1.91. The standard InChI is InChI=1S/C12H15N5O2/c1-19-9-2-3-11(10(13)6-9)16-12(18)4-5-17-8-14-7-15-17/h2-3,6-8H,4-5,13H2,1H3,(H,16,18). The zero-order valence-electron chi connectivity index (χ0n) is 10.5. The number of rotatable bonds is 5. The number of nitrogens with two attached hydrogens (primary N) is 1. The molecule has 0 aliphatic heterocycles. The minimum Gasteiger partial charge on any atom is -0.497 e. The van der Waals surface area contributed by atoms with Crippen molar-refractivity contribution in [2.45, 2.75) is 13.0 Å². The highest BCUT2D eigenvalue weighted by molar-refractivity contribution is 5.93. The Kier molecular flexibility index (Phi) is 3.97. The van der Waals surface area contributed by atoms with Crippen molar-refractivity contribution in [1.29, 1.82) is 0 Å². The summed E-state index contributed by atoms with van der Waals surface area (Å²) < 4.78 is 6.63. The van der Waals surface area contributed by atoms with E-state index in [1.165, 1.54) is 6.33 Å². The lowest BCUT2D eigenvalue weighted by Crippen LogP contribution is -2.15. The number of hydrogen-bond acceptors (Lipinski definition) is 5. The maximum atomic E-state index is 11.8. The van der Waals surface area contributed by atoms with E-state index in [0.717, 1.165) is 0 Å². The summed E-state index contributed by atoms with van der Waals surface area (Å²) >= 11 is 0. The van der Waals surface area contributed by atoms with Gasteiger partial charge in [-0.05, 0) is 12.1 Å². The molecule has 0 aliphatic rings. The minimum atomic E-state index is -0.132. The van der Waals surface area contributed by atoms with Crippen LogP contribution in [0.25, 0.3) is 0 Å². The molecule has 0 fully saturated rings. The van der Waals surface area contributed by atoms with Gasteiger partial charge in [0.05, 0.1) is 25.0 Å². The minimum absolute atomic E-state index is 0.132. The van der Waals surface area contributed by atoms with Crippen LogP contribution in [0.15, 0.2) is 30.9 Å². The normalized spacial score (nSPS) is 10.2. The number of carbonyl (C=O) groups is 1. The molecule has 0 saturated carbocycles. The Bertz CT molecular complexity index is 553. The van der Waals surface area contributed by atoms with E-state index in [1.54, 1.807) is 36.3 Å². The fourth-order valence-electron chi connectivity index (χ4n) is 1.56. The molecule has 1 amide bonds. The summed E-state index contributed by atoms with van der Waals surface area (Å²) in [5.41, 5.74) is 6.85. The maximum absolute atomic E-state index is 11.8. The van der Waals surface area contributed by atoms with Crippen LogP contribution in [0.5, 0.6) is 5.75 Å². The summed E-state index contributed by atoms with van der Waals surface area (Å²) in [7, 11) is 1.56. The number of benzene rings is 1. The molecule has 1 aromatic carbocycles. The van der Waals surface area contributed by atoms with E-state index in [4.69, 9.17) is 10.5 Å². The van der Waals surface area contributed by atoms with Gasteiger partial charge in [0, 0.05) is 12.5 Å². The molecule has 100 valence electrons. The second kappa shape index (κ2) is 5.85. The first-order chi connectivity index (χ1) is 9.19. The number of hydrogen-bond donors (Lipinski definition) is 2. The molecule has 0 saturated heterocycles. The number of nitrogens with one attached hydrogen (secondary N) is 1. The van der Waals surface area contributed by atoms with Crippen molar-refractivity contribution in [3.63, 3.8) is 0 Å². The predicted molar refractivity (Wildman–Crippen MR) is 70.7 cm³/mol. The average molecular weight is 261 g/mol. The first-order valence-electron chi connectivity index (χ1n) is 5.75. The molecule has 0 bridgehead atoms. The Morgan fingerprint density at radius 3 is 3.00 bits per heavy atom. The monoisotopic (exact) mass is 261 g/mol. The number of aryl methyl sites for hydroxylation is 1. The van der Waals surface area contributed by atoms with Crippen molar-refractivity contribution < 1.29 is 9.53 Å². The van der Waals surface area contributed by atoms with Gasteiger partial charge in [0.15, 0.2) is 0 Å². The van der Waals surface area contributed by atoms with Crippen molar-refractivity contribution in [2.75, 3.05) is 18.2 Å². The summed E-state index contributed by atoms with van der Waals surface area (Å²) in [5.74, 6) is 0.519. The van der Waals surface area contributed by atoms with E-state index in [2.05, 4.69) is 15.4 Å². The van der Waals surface area contributed by atoms with Crippen molar-refractivity contribution in [1.82, 2.24) is 14.8 Å². The molecule has 2 rings (SSSR count). The first-order valence-corrected chi connectivity index (χ1v) is 5.75. The molecule has 0 unspecified atom stereocenters. The molecule has 1 aromatic heterocycles. The third kappa shape index (κ3) is 3.44. The fraction of sp³-hybridized carbons (Fsp3) is 0.250. The number of amides is 1. The molecule has 19 heavy (non-hydrogen) atoms. The molecule has 0 atom stereocenters. The maximum Gasteiger partial charge on any atom is 0.226 e. The highest BCUT2D eigenvalue weighted by Crippen LogP contribution is 2.24. The average Bonchev–Trinajstić information content (AvgIpc) is 2.92. The second-order valence-electron chi connectivity index (χ2n) is 3.91. The molecule has 3 N–H and O–H groups in total. The zero-order chi connectivity index (χ0) is 13.7. The van der Waals surface area contributed by atoms with Crippen LogP contribution < -0.4 is 15.8 Å². The molecule has 1 heterocycles. The van der Waals surface area contributed by atoms with Gasteiger partial charge in [0.2, 0.25) is 5.91 Å². The number of anilines is 2. The summed E-state index contributed by atoms with van der Waals surface area (Å²) in [4.78, 5) is 15.6. The fourth-order valence-corrected chi connectivity index (χ4v) is 1.56. The van der Waals surface area contributed by atoms with Crippen LogP contribution in [0.1, 0.15) is 6.42 Å². The lowest BCUT2D eigenvalue weighted by molar-refractivity contribution is -0.116. The van der Waals surface area contributed by atoms with Crippen molar-refractivity contribution in [3.8, 4) is 5.75 Å². The van der Waals surface area contributed by atoms with Gasteiger partial charge in [-0.3, -0.25) is 9.48 Å². The molecule has 7 nitrogen and oxygen atoms in total. The number of carbonyl (C=O) groups excluding carboxylic acids is 1. The van der Waals surface area contributed by atoms with Gasteiger partial charge >= 0.3 is 0 Å². The second-order valence-corrected chi connectivity index (χ2v) is 3.91. The van der Waals surface area contributed by atoms with E-state index < -0.39 is 0 Å². The van der Waals surface area contributed by atoms with E-state index >= 15 is 0 Å². The van der Waals surface area contributed by atoms with Gasteiger partial charge in [0.25, 0.3) is 0 Å². The summed E-state index contributed by atoms with van der Waals surface area (Å²) in [6.45, 7) is 0.474. The van der Waals surface area contributed by atoms with Crippen LogP contribution >= 0.6 is 0 Å². The summed E-state index contributed by atoms with van der Waals surface area (Å²) in [6.07, 6.45) is 3.29. The van der Waals surface area contributed by atoms with Gasteiger partial charge in [-0.2, -0.15) is 5.10 Å². The topological polar surface area (TPSA) is 95.1 Å². The van der Waals surface area contributed by atoms with Crippen LogP contribution in [0, 0.1) is 0 Å². The third-order valence-corrected chi connectivity index (χ3v) is 2.57. The summed E-state index contributed by atoms with van der Waals surface area (Å²) in [5, 5.41) is 6.66. The first kappa shape index (κ1) is 12.9. The lowest BCUT2D eigenvalue weighted by atomic mass is 10.2. The molecule has 0 radical (unpaired) electrons. The Labute approximate surface area is 110 Å². The number of nitrogens with zero attached hydrogens (tertiary/aromatic N) is 3. The van der Waals surface area contributed by atoms with Gasteiger partial charge < -0.3 is 15.8 Å². The van der Waals surface area contributed by atoms with Crippen molar-refractivity contribution >= 4 is 17.3 Å². The van der Waals surface area contributed by atoms with Gasteiger partial charge in [-0.25, -0.2) is 4.98 Å². The molecule has 2 aromatic rings. The van der Waals surface area contributed by atoms with Gasteiger partial charge in [0.1, 0.15) is 18.4 Å². The van der Waals surface area contributed by atoms with Crippen LogP contribution in [-0.4, -0.2) is 27.8 Å². The number of ether oxygens (including phenoxy) is 1. The van der Waals surface area contributed by atoms with E-state index in [0.29, 0.717) is 30.1 Å². The Morgan fingerprint density at radius 1 is 1.53 bits per heavy atom. The van der Waals surface area contributed by atoms with Crippen LogP contribution in [-0.2, 0) is 11.3 Å². The predicted octanol–water partition coefficient (Wildman–Crippen LogP) is 0.898. The van der Waals surface area contributed by atoms with Crippen molar-refractivity contribution in [2.24, 2.45) is 0 Å². The van der Waals surface area contributed by atoms with Crippen LogP contribution in [0.3, 0.4) is 0 Å². The molecule has 0 aliphatic carbocycles. The van der Waals surface area contributed by atoms with Crippen LogP contribution in [0.2, 0.25) is 0 Å². The van der Waals surface area contributed by atoms with Gasteiger partial charge in [-0.15, -0.1) is 0 Å². The third-order valence-electron chi connectivity index (χ3n) is 2.57. The Hall–Kier alpha value is -2.57. The van der Waals surface area contributed by atoms with Crippen molar-refractivity contribution in [3.05, 3.63) is 30.9 Å². The lowest BCUT2D eigenvalue weighted by Gasteiger charge is -2.09. The number of nitrogen functional groups attached to an aromatic ring is 1. The zero-order valence-corrected chi connectivity index (χ0v) is 10.5. The van der Waals surface area contributed by atoms with E-state index in [9.17, 15) is 4.79 Å². The molecule has 0 spiro atoms. The largest absolute Gasteiger partial charge is 0.497 e. The van der Waals surface area contributed by atoms with E-state index in [-0.39, 0.29) is 5.91 Å². The quantitative estimate of drug-likeness (QED) is 0.780. The highest BCUT2D eigenvalue weighted by atomic mass is 16.5. The van der Waals surface area contributed by atoms with E-state index in [1.807, 2.05) is 0 Å². The molecular formula is C12H15N5O2. The summed E-state index contributed by atoms with van der Waals surface area (Å²) in [6, 6.07) is 5.11. The number of methoxy groups -OCH3 is 1. The number of aromatic nitrogens is 3. The van der Waals surface area contributed by atoms with Gasteiger partial charge in [-0.1, -0.05) is 0 Å². The smallest absolute Gasteiger partial charge is 0.226 e.